The zero-order valence-corrected chi connectivity index (χ0v) is 17.1. The number of hydrogen-bond acceptors (Lipinski definition) is 3. The zero-order chi connectivity index (χ0) is 20.3. The highest BCUT2D eigenvalue weighted by atomic mass is 16.5. The van der Waals surface area contributed by atoms with Gasteiger partial charge in [-0.25, -0.2) is 0 Å². The van der Waals surface area contributed by atoms with Crippen molar-refractivity contribution in [1.82, 2.24) is 10.6 Å². The fourth-order valence-corrected chi connectivity index (χ4v) is 3.30. The monoisotopic (exact) mass is 394 g/mol. The summed E-state index contributed by atoms with van der Waals surface area (Å²) < 4.78 is 5.49. The summed E-state index contributed by atoms with van der Waals surface area (Å²) in [5.41, 5.74) is 2.20. The first-order chi connectivity index (χ1) is 14.3. The molecule has 29 heavy (non-hydrogen) atoms. The lowest BCUT2D eigenvalue weighted by molar-refractivity contribution is -0.121. The molecule has 1 aliphatic rings. The molecule has 2 aromatic rings. The summed E-state index contributed by atoms with van der Waals surface area (Å²) in [6.45, 7) is 5.14. The van der Waals surface area contributed by atoms with Gasteiger partial charge in [-0.1, -0.05) is 42.5 Å². The third-order valence-electron chi connectivity index (χ3n) is 4.74. The number of aryl methyl sites for hydroxylation is 1. The standard InChI is InChI=1S/C23H30N4O2/c1-2-24-23(25-15-8-12-19-10-4-3-5-11-19)26-16-9-17-27-20-13-6-7-14-21(20)29-18-22(27)28/h3-7,10-11,13-14H,2,8-9,12,15-18H2,1H3,(H2,24,25,26). The van der Waals surface area contributed by atoms with Crippen LogP contribution in [-0.2, 0) is 11.2 Å². The molecule has 2 aromatic carbocycles. The van der Waals surface area contributed by atoms with E-state index < -0.39 is 0 Å². The Morgan fingerprint density at radius 1 is 1.07 bits per heavy atom. The van der Waals surface area contributed by atoms with Crippen LogP contribution in [-0.4, -0.2) is 44.7 Å². The van der Waals surface area contributed by atoms with Crippen LogP contribution < -0.4 is 20.3 Å². The molecule has 0 aromatic heterocycles. The van der Waals surface area contributed by atoms with E-state index in [0.29, 0.717) is 13.1 Å². The number of ether oxygens (including phenoxy) is 1. The van der Waals surface area contributed by atoms with Crippen molar-refractivity contribution in [1.29, 1.82) is 0 Å². The third-order valence-corrected chi connectivity index (χ3v) is 4.74. The van der Waals surface area contributed by atoms with Crippen LogP contribution in [0, 0.1) is 0 Å². The van der Waals surface area contributed by atoms with Gasteiger partial charge in [-0.2, -0.15) is 0 Å². The van der Waals surface area contributed by atoms with Crippen molar-refractivity contribution in [2.45, 2.75) is 26.2 Å². The smallest absolute Gasteiger partial charge is 0.265 e. The number of hydrogen-bond donors (Lipinski definition) is 2. The molecule has 3 rings (SSSR count). The van der Waals surface area contributed by atoms with Crippen molar-refractivity contribution in [3.63, 3.8) is 0 Å². The summed E-state index contributed by atoms with van der Waals surface area (Å²) in [7, 11) is 0. The molecular formula is C23H30N4O2. The Morgan fingerprint density at radius 3 is 2.69 bits per heavy atom. The first-order valence-corrected chi connectivity index (χ1v) is 10.4. The molecule has 0 unspecified atom stereocenters. The average Bonchev–Trinajstić information content (AvgIpc) is 2.76. The molecule has 6 heteroatoms. The van der Waals surface area contributed by atoms with Gasteiger partial charge in [0.1, 0.15) is 5.75 Å². The Morgan fingerprint density at radius 2 is 1.86 bits per heavy atom. The van der Waals surface area contributed by atoms with E-state index >= 15 is 0 Å². The van der Waals surface area contributed by atoms with Gasteiger partial charge < -0.3 is 20.3 Å². The average molecular weight is 395 g/mol. The van der Waals surface area contributed by atoms with Gasteiger partial charge in [0.2, 0.25) is 0 Å². The maximum atomic E-state index is 12.2. The molecular weight excluding hydrogens is 364 g/mol. The predicted molar refractivity (Wildman–Crippen MR) is 118 cm³/mol. The molecule has 0 saturated heterocycles. The number of nitrogens with one attached hydrogen (secondary N) is 2. The zero-order valence-electron chi connectivity index (χ0n) is 17.1. The molecule has 1 amide bonds. The van der Waals surface area contributed by atoms with E-state index in [1.54, 1.807) is 4.90 Å². The van der Waals surface area contributed by atoms with Gasteiger partial charge in [0.05, 0.1) is 5.69 Å². The summed E-state index contributed by atoms with van der Waals surface area (Å²) in [6, 6.07) is 18.2. The van der Waals surface area contributed by atoms with Gasteiger partial charge in [-0.15, -0.1) is 0 Å². The number of aliphatic imine (C=N–C) groups is 1. The Bertz CT molecular complexity index is 808. The van der Waals surface area contributed by atoms with Crippen molar-refractivity contribution in [3.8, 4) is 5.75 Å². The lowest BCUT2D eigenvalue weighted by atomic mass is 10.1. The van der Waals surface area contributed by atoms with Crippen LogP contribution in [0.15, 0.2) is 59.6 Å². The largest absolute Gasteiger partial charge is 0.482 e. The Labute approximate surface area is 173 Å². The Kier molecular flexibility index (Phi) is 7.92. The molecule has 0 bridgehead atoms. The minimum atomic E-state index is -0.00127. The third kappa shape index (κ3) is 6.24. The SMILES string of the molecule is CCNC(=NCCCN1C(=O)COc2ccccc21)NCCCc1ccccc1. The van der Waals surface area contributed by atoms with Crippen LogP contribution in [0.5, 0.6) is 5.75 Å². The van der Waals surface area contributed by atoms with Gasteiger partial charge in [0.15, 0.2) is 12.6 Å². The van der Waals surface area contributed by atoms with E-state index in [2.05, 4.69) is 46.8 Å². The summed E-state index contributed by atoms with van der Waals surface area (Å²) in [4.78, 5) is 18.7. The van der Waals surface area contributed by atoms with Gasteiger partial charge in [-0.3, -0.25) is 9.79 Å². The number of para-hydroxylation sites is 2. The van der Waals surface area contributed by atoms with Crippen LogP contribution in [0.3, 0.4) is 0 Å². The van der Waals surface area contributed by atoms with E-state index in [9.17, 15) is 4.79 Å². The first kappa shape index (κ1) is 20.7. The number of benzene rings is 2. The van der Waals surface area contributed by atoms with E-state index in [4.69, 9.17) is 4.74 Å². The number of carbonyl (C=O) groups excluding carboxylic acids is 1. The van der Waals surface area contributed by atoms with Crippen LogP contribution >= 0.6 is 0 Å². The predicted octanol–water partition coefficient (Wildman–Crippen LogP) is 2.99. The fraction of sp³-hybridized carbons (Fsp3) is 0.391. The number of fused-ring (bicyclic) bond motifs is 1. The van der Waals surface area contributed by atoms with Gasteiger partial charge in [-0.05, 0) is 43.9 Å². The number of amides is 1. The van der Waals surface area contributed by atoms with Gasteiger partial charge in [0.25, 0.3) is 5.91 Å². The highest BCUT2D eigenvalue weighted by Crippen LogP contribution is 2.31. The maximum absolute atomic E-state index is 12.2. The molecule has 0 aliphatic carbocycles. The molecule has 0 saturated carbocycles. The van der Waals surface area contributed by atoms with E-state index in [1.165, 1.54) is 5.56 Å². The minimum absolute atomic E-state index is 0.00127. The second kappa shape index (κ2) is 11.1. The Hall–Kier alpha value is -3.02. The quantitative estimate of drug-likeness (QED) is 0.390. The van der Waals surface area contributed by atoms with Crippen molar-refractivity contribution in [2.24, 2.45) is 4.99 Å². The number of anilines is 1. The highest BCUT2D eigenvalue weighted by Gasteiger charge is 2.24. The number of guanidine groups is 1. The summed E-state index contributed by atoms with van der Waals surface area (Å²) in [5, 5.41) is 6.67. The van der Waals surface area contributed by atoms with Crippen LogP contribution in [0.25, 0.3) is 0 Å². The second-order valence-corrected chi connectivity index (χ2v) is 6.93. The highest BCUT2D eigenvalue weighted by molar-refractivity contribution is 5.97. The van der Waals surface area contributed by atoms with Crippen molar-refractivity contribution in [2.75, 3.05) is 37.7 Å². The lowest BCUT2D eigenvalue weighted by Crippen LogP contribution is -2.40. The summed E-state index contributed by atoms with van der Waals surface area (Å²) >= 11 is 0. The molecule has 6 nitrogen and oxygen atoms in total. The summed E-state index contributed by atoms with van der Waals surface area (Å²) in [6.07, 6.45) is 2.89. The molecule has 0 radical (unpaired) electrons. The van der Waals surface area contributed by atoms with E-state index in [1.807, 2.05) is 30.3 Å². The number of carbonyl (C=O) groups is 1. The topological polar surface area (TPSA) is 66.0 Å². The maximum Gasteiger partial charge on any atom is 0.265 e. The molecule has 0 fully saturated rings. The molecule has 0 spiro atoms. The first-order valence-electron chi connectivity index (χ1n) is 10.4. The molecule has 1 aliphatic heterocycles. The van der Waals surface area contributed by atoms with Crippen LogP contribution in [0.4, 0.5) is 5.69 Å². The molecule has 0 atom stereocenters. The summed E-state index contributed by atoms with van der Waals surface area (Å²) in [5.74, 6) is 1.59. The second-order valence-electron chi connectivity index (χ2n) is 6.93. The lowest BCUT2D eigenvalue weighted by Gasteiger charge is -2.29. The van der Waals surface area contributed by atoms with Crippen molar-refractivity contribution >= 4 is 17.6 Å². The molecule has 1 heterocycles. The minimum Gasteiger partial charge on any atom is -0.482 e. The van der Waals surface area contributed by atoms with Crippen molar-refractivity contribution in [3.05, 3.63) is 60.2 Å². The van der Waals surface area contributed by atoms with Crippen molar-refractivity contribution < 1.29 is 9.53 Å². The molecule has 154 valence electrons. The van der Waals surface area contributed by atoms with Gasteiger partial charge in [0, 0.05) is 26.2 Å². The molecule has 2 N–H and O–H groups in total. The fourth-order valence-electron chi connectivity index (χ4n) is 3.30. The number of nitrogens with zero attached hydrogens (tertiary/aromatic N) is 2. The van der Waals surface area contributed by atoms with E-state index in [-0.39, 0.29) is 12.5 Å². The van der Waals surface area contributed by atoms with Crippen LogP contribution in [0.2, 0.25) is 0 Å². The Balaban J connectivity index is 1.44. The normalized spacial score (nSPS) is 13.6. The number of rotatable bonds is 9. The van der Waals surface area contributed by atoms with E-state index in [0.717, 1.165) is 49.7 Å². The van der Waals surface area contributed by atoms with Gasteiger partial charge >= 0.3 is 0 Å². The van der Waals surface area contributed by atoms with Crippen LogP contribution in [0.1, 0.15) is 25.3 Å².